The number of hydrogen-bond donors (Lipinski definition) is 2. The molecule has 0 saturated heterocycles. The maximum Gasteiger partial charge on any atom is 0.166 e. The van der Waals surface area contributed by atoms with E-state index >= 15 is 0 Å². The van der Waals surface area contributed by atoms with E-state index in [1.165, 1.54) is 11.3 Å². The number of nitrogens with zero attached hydrogens (tertiary/aromatic N) is 1. The maximum atomic E-state index is 4.56. The third-order valence-electron chi connectivity index (χ3n) is 2.85. The molecule has 2 aromatic heterocycles. The van der Waals surface area contributed by atoms with Gasteiger partial charge < -0.3 is 10.3 Å². The Bertz CT molecular complexity index is 643. The van der Waals surface area contributed by atoms with Gasteiger partial charge in [-0.15, -0.1) is 11.3 Å². The van der Waals surface area contributed by atoms with Gasteiger partial charge >= 0.3 is 0 Å². The highest BCUT2D eigenvalue weighted by molar-refractivity contribution is 7.98. The Kier molecular flexibility index (Phi) is 3.75. The third-order valence-corrected chi connectivity index (χ3v) is 4.51. The first kappa shape index (κ1) is 12.6. The first-order valence-corrected chi connectivity index (χ1v) is 8.16. The van der Waals surface area contributed by atoms with Crippen LogP contribution >= 0.6 is 23.1 Å². The average Bonchev–Trinajstić information content (AvgIpc) is 2.99. The SMILES string of the molecule is CCNc1ccccc1CSc1nc2cscc2[nH]1. The lowest BCUT2D eigenvalue weighted by molar-refractivity contribution is 1.08. The Morgan fingerprint density at radius 3 is 3.05 bits per heavy atom. The zero-order valence-corrected chi connectivity index (χ0v) is 12.3. The number of anilines is 1. The molecule has 3 nitrogen and oxygen atoms in total. The summed E-state index contributed by atoms with van der Waals surface area (Å²) in [6.07, 6.45) is 0. The van der Waals surface area contributed by atoms with Crippen molar-refractivity contribution in [2.24, 2.45) is 0 Å². The molecule has 2 heterocycles. The second kappa shape index (κ2) is 5.67. The number of benzene rings is 1. The first-order valence-electron chi connectivity index (χ1n) is 6.23. The van der Waals surface area contributed by atoms with Crippen molar-refractivity contribution in [3.63, 3.8) is 0 Å². The lowest BCUT2D eigenvalue weighted by Gasteiger charge is -2.09. The van der Waals surface area contributed by atoms with Crippen LogP contribution in [0.2, 0.25) is 0 Å². The van der Waals surface area contributed by atoms with Crippen LogP contribution < -0.4 is 5.32 Å². The minimum Gasteiger partial charge on any atom is -0.385 e. The number of imidazole rings is 1. The molecule has 5 heteroatoms. The molecule has 98 valence electrons. The molecule has 1 aromatic carbocycles. The Labute approximate surface area is 120 Å². The van der Waals surface area contributed by atoms with E-state index in [2.05, 4.69) is 57.2 Å². The number of fused-ring (bicyclic) bond motifs is 1. The number of hydrogen-bond acceptors (Lipinski definition) is 4. The minimum absolute atomic E-state index is 0.919. The van der Waals surface area contributed by atoms with Crippen LogP contribution in [-0.2, 0) is 5.75 Å². The molecular weight excluding hydrogens is 274 g/mol. The predicted molar refractivity (Wildman–Crippen MR) is 84.1 cm³/mol. The van der Waals surface area contributed by atoms with Crippen LogP contribution in [0.3, 0.4) is 0 Å². The summed E-state index contributed by atoms with van der Waals surface area (Å²) >= 11 is 3.42. The van der Waals surface area contributed by atoms with E-state index in [1.807, 2.05) is 0 Å². The van der Waals surface area contributed by atoms with Crippen molar-refractivity contribution < 1.29 is 0 Å². The van der Waals surface area contributed by atoms with E-state index < -0.39 is 0 Å². The van der Waals surface area contributed by atoms with E-state index in [-0.39, 0.29) is 0 Å². The molecule has 2 N–H and O–H groups in total. The zero-order valence-electron chi connectivity index (χ0n) is 10.6. The highest BCUT2D eigenvalue weighted by Gasteiger charge is 2.06. The van der Waals surface area contributed by atoms with Crippen molar-refractivity contribution >= 4 is 39.8 Å². The molecule has 0 radical (unpaired) electrons. The Balaban J connectivity index is 1.73. The quantitative estimate of drug-likeness (QED) is 0.686. The van der Waals surface area contributed by atoms with Crippen molar-refractivity contribution in [1.82, 2.24) is 9.97 Å². The fourth-order valence-electron chi connectivity index (χ4n) is 1.95. The van der Waals surface area contributed by atoms with Crippen molar-refractivity contribution in [2.45, 2.75) is 17.8 Å². The molecule has 0 saturated carbocycles. The number of rotatable bonds is 5. The third kappa shape index (κ3) is 2.77. The second-order valence-electron chi connectivity index (χ2n) is 4.19. The maximum absolute atomic E-state index is 4.56. The summed E-state index contributed by atoms with van der Waals surface area (Å²) in [5, 5.41) is 8.55. The highest BCUT2D eigenvalue weighted by atomic mass is 32.2. The van der Waals surface area contributed by atoms with Crippen molar-refractivity contribution in [3.8, 4) is 0 Å². The summed E-state index contributed by atoms with van der Waals surface area (Å²) in [6.45, 7) is 3.06. The Morgan fingerprint density at radius 1 is 1.32 bits per heavy atom. The number of para-hydroxylation sites is 1. The summed E-state index contributed by atoms with van der Waals surface area (Å²) in [7, 11) is 0. The van der Waals surface area contributed by atoms with Gasteiger partial charge in [-0.3, -0.25) is 0 Å². The van der Waals surface area contributed by atoms with Gasteiger partial charge in [0.2, 0.25) is 0 Å². The highest BCUT2D eigenvalue weighted by Crippen LogP contribution is 2.27. The van der Waals surface area contributed by atoms with E-state index in [0.29, 0.717) is 0 Å². The average molecular weight is 289 g/mol. The van der Waals surface area contributed by atoms with Gasteiger partial charge in [-0.05, 0) is 18.6 Å². The number of nitrogens with one attached hydrogen (secondary N) is 2. The normalized spacial score (nSPS) is 11.0. The van der Waals surface area contributed by atoms with Crippen LogP contribution in [0.4, 0.5) is 5.69 Å². The fourth-order valence-corrected chi connectivity index (χ4v) is 3.53. The summed E-state index contributed by atoms with van der Waals surface area (Å²) < 4.78 is 0. The van der Waals surface area contributed by atoms with E-state index in [9.17, 15) is 0 Å². The largest absolute Gasteiger partial charge is 0.385 e. The van der Waals surface area contributed by atoms with Gasteiger partial charge in [0.15, 0.2) is 5.16 Å². The summed E-state index contributed by atoms with van der Waals surface area (Å²) in [5.41, 5.74) is 4.72. The molecule has 0 aliphatic heterocycles. The van der Waals surface area contributed by atoms with Gasteiger partial charge in [-0.25, -0.2) is 4.98 Å². The van der Waals surface area contributed by atoms with Crippen LogP contribution in [-0.4, -0.2) is 16.5 Å². The van der Waals surface area contributed by atoms with Crippen LogP contribution in [0.15, 0.2) is 40.2 Å². The van der Waals surface area contributed by atoms with Crippen LogP contribution in [0.5, 0.6) is 0 Å². The summed E-state index contributed by atoms with van der Waals surface area (Å²) in [6, 6.07) is 8.43. The molecule has 19 heavy (non-hydrogen) atoms. The lowest BCUT2D eigenvalue weighted by atomic mass is 10.2. The number of aromatic amines is 1. The van der Waals surface area contributed by atoms with E-state index in [1.54, 1.807) is 23.1 Å². The van der Waals surface area contributed by atoms with Gasteiger partial charge in [-0.1, -0.05) is 30.0 Å². The molecule has 0 bridgehead atoms. The first-order chi connectivity index (χ1) is 9.36. The van der Waals surface area contributed by atoms with Crippen molar-refractivity contribution in [1.29, 1.82) is 0 Å². The number of aromatic nitrogens is 2. The summed E-state index contributed by atoms with van der Waals surface area (Å²) in [4.78, 5) is 7.90. The van der Waals surface area contributed by atoms with Crippen molar-refractivity contribution in [3.05, 3.63) is 40.6 Å². The standard InChI is InChI=1S/C14H15N3S2/c1-2-15-11-6-4-3-5-10(11)7-19-14-16-12-8-18-9-13(12)17-14/h3-6,8-9,15H,2,7H2,1H3,(H,16,17). The number of H-pyrrole nitrogens is 1. The molecule has 0 spiro atoms. The van der Waals surface area contributed by atoms with Crippen LogP contribution in [0, 0.1) is 0 Å². The monoisotopic (exact) mass is 289 g/mol. The Morgan fingerprint density at radius 2 is 2.21 bits per heavy atom. The summed E-state index contributed by atoms with van der Waals surface area (Å²) in [5.74, 6) is 0.919. The minimum atomic E-state index is 0.919. The molecule has 3 aromatic rings. The Hall–Kier alpha value is -1.46. The van der Waals surface area contributed by atoms with Crippen molar-refractivity contribution in [2.75, 3.05) is 11.9 Å². The fraction of sp³-hybridized carbons (Fsp3) is 0.214. The molecule has 0 aliphatic carbocycles. The zero-order chi connectivity index (χ0) is 13.1. The molecule has 3 rings (SSSR count). The molecule has 0 fully saturated rings. The van der Waals surface area contributed by atoms with Gasteiger partial charge in [0.25, 0.3) is 0 Å². The topological polar surface area (TPSA) is 40.7 Å². The second-order valence-corrected chi connectivity index (χ2v) is 5.90. The number of thiophene rings is 1. The molecular formula is C14H15N3S2. The van der Waals surface area contributed by atoms with Gasteiger partial charge in [0.05, 0.1) is 5.52 Å². The number of thioether (sulfide) groups is 1. The van der Waals surface area contributed by atoms with E-state index in [0.717, 1.165) is 28.5 Å². The van der Waals surface area contributed by atoms with Crippen LogP contribution in [0.1, 0.15) is 12.5 Å². The smallest absolute Gasteiger partial charge is 0.166 e. The van der Waals surface area contributed by atoms with Crippen LogP contribution in [0.25, 0.3) is 11.0 Å². The molecule has 0 unspecified atom stereocenters. The molecule has 0 amide bonds. The lowest BCUT2D eigenvalue weighted by Crippen LogP contribution is -1.99. The van der Waals surface area contributed by atoms with Gasteiger partial charge in [-0.2, -0.15) is 0 Å². The van der Waals surface area contributed by atoms with Gasteiger partial charge in [0, 0.05) is 28.7 Å². The van der Waals surface area contributed by atoms with Gasteiger partial charge in [0.1, 0.15) is 5.52 Å². The predicted octanol–water partition coefficient (Wildman–Crippen LogP) is 4.35. The molecule has 0 aliphatic rings. The molecule has 0 atom stereocenters. The van der Waals surface area contributed by atoms with E-state index in [4.69, 9.17) is 0 Å².